The second kappa shape index (κ2) is 8.81. The molecule has 0 saturated carbocycles. The maximum absolute atomic E-state index is 5.37. The molecule has 0 amide bonds. The van der Waals surface area contributed by atoms with E-state index < -0.39 is 0 Å². The van der Waals surface area contributed by atoms with Crippen molar-refractivity contribution in [3.8, 4) is 11.5 Å². The van der Waals surface area contributed by atoms with E-state index in [1.165, 1.54) is 24.8 Å². The lowest BCUT2D eigenvalue weighted by atomic mass is 10.1. The third kappa shape index (κ3) is 4.96. The van der Waals surface area contributed by atoms with Gasteiger partial charge in [-0.2, -0.15) is 0 Å². The fourth-order valence-corrected chi connectivity index (χ4v) is 1.94. The zero-order chi connectivity index (χ0) is 13.2. The number of hydrogen-bond donors (Lipinski definition) is 1. The minimum atomic E-state index is 0.898. The molecule has 3 heteroatoms. The molecule has 102 valence electrons. The number of unbranched alkanes of at least 4 members (excludes halogenated alkanes) is 1. The highest BCUT2D eigenvalue weighted by Crippen LogP contribution is 2.25. The Hall–Kier alpha value is -1.22. The largest absolute Gasteiger partial charge is 0.497 e. The van der Waals surface area contributed by atoms with E-state index in [2.05, 4.69) is 18.3 Å². The van der Waals surface area contributed by atoms with Crippen LogP contribution in [0.5, 0.6) is 11.5 Å². The molecule has 0 bridgehead atoms. The quantitative estimate of drug-likeness (QED) is 0.684. The Labute approximate surface area is 110 Å². The van der Waals surface area contributed by atoms with Crippen molar-refractivity contribution >= 4 is 0 Å². The van der Waals surface area contributed by atoms with Gasteiger partial charge >= 0.3 is 0 Å². The molecule has 1 rings (SSSR count). The first-order valence-electron chi connectivity index (χ1n) is 6.73. The predicted octanol–water partition coefficient (Wildman–Crippen LogP) is 3.03. The highest BCUT2D eigenvalue weighted by Gasteiger charge is 2.04. The molecule has 0 spiro atoms. The van der Waals surface area contributed by atoms with Crippen molar-refractivity contribution in [3.05, 3.63) is 23.8 Å². The number of nitrogens with one attached hydrogen (secondary N) is 1. The molecular weight excluding hydrogens is 226 g/mol. The van der Waals surface area contributed by atoms with Crippen molar-refractivity contribution in [3.63, 3.8) is 0 Å². The normalized spacial score (nSPS) is 10.4. The third-order valence-corrected chi connectivity index (χ3v) is 2.96. The number of hydrogen-bond acceptors (Lipinski definition) is 3. The standard InChI is InChI=1S/C15H25NO2/c1-4-10-16-11-6-5-7-13-12-14(17-2)8-9-15(13)18-3/h8-9,12,16H,4-7,10-11H2,1-3H3. The van der Waals surface area contributed by atoms with Crippen molar-refractivity contribution in [2.45, 2.75) is 32.6 Å². The van der Waals surface area contributed by atoms with Crippen LogP contribution in [0, 0.1) is 0 Å². The van der Waals surface area contributed by atoms with Crippen LogP contribution in [0.4, 0.5) is 0 Å². The second-order valence-corrected chi connectivity index (χ2v) is 4.38. The van der Waals surface area contributed by atoms with Crippen LogP contribution >= 0.6 is 0 Å². The van der Waals surface area contributed by atoms with Crippen LogP contribution < -0.4 is 14.8 Å². The summed E-state index contributed by atoms with van der Waals surface area (Å²) in [5.74, 6) is 1.85. The van der Waals surface area contributed by atoms with E-state index in [1.807, 2.05) is 12.1 Å². The summed E-state index contributed by atoms with van der Waals surface area (Å²) in [5, 5.41) is 3.42. The minimum Gasteiger partial charge on any atom is -0.497 e. The zero-order valence-electron chi connectivity index (χ0n) is 11.8. The van der Waals surface area contributed by atoms with Crippen LogP contribution in [0.3, 0.4) is 0 Å². The molecule has 0 heterocycles. The first-order chi connectivity index (χ1) is 8.81. The number of ether oxygens (including phenoxy) is 2. The van der Waals surface area contributed by atoms with E-state index in [-0.39, 0.29) is 0 Å². The van der Waals surface area contributed by atoms with Crippen molar-refractivity contribution in [2.75, 3.05) is 27.3 Å². The molecule has 0 aliphatic rings. The van der Waals surface area contributed by atoms with Crippen molar-refractivity contribution in [2.24, 2.45) is 0 Å². The SMILES string of the molecule is CCCNCCCCc1cc(OC)ccc1OC. The monoisotopic (exact) mass is 251 g/mol. The van der Waals surface area contributed by atoms with Gasteiger partial charge in [-0.3, -0.25) is 0 Å². The summed E-state index contributed by atoms with van der Waals surface area (Å²) in [7, 11) is 3.41. The summed E-state index contributed by atoms with van der Waals surface area (Å²) >= 11 is 0. The first-order valence-corrected chi connectivity index (χ1v) is 6.73. The molecule has 1 N–H and O–H groups in total. The number of rotatable bonds is 9. The van der Waals surface area contributed by atoms with Gasteiger partial charge in [0.05, 0.1) is 14.2 Å². The summed E-state index contributed by atoms with van der Waals surface area (Å²) < 4.78 is 10.6. The van der Waals surface area contributed by atoms with Gasteiger partial charge in [0.15, 0.2) is 0 Å². The van der Waals surface area contributed by atoms with Gasteiger partial charge in [-0.15, -0.1) is 0 Å². The zero-order valence-corrected chi connectivity index (χ0v) is 11.8. The number of methoxy groups -OCH3 is 2. The number of benzene rings is 1. The summed E-state index contributed by atoms with van der Waals surface area (Å²) in [5.41, 5.74) is 1.23. The number of aryl methyl sites for hydroxylation is 1. The van der Waals surface area contributed by atoms with Crippen LogP contribution in [0.15, 0.2) is 18.2 Å². The van der Waals surface area contributed by atoms with Gasteiger partial charge in [0, 0.05) is 0 Å². The van der Waals surface area contributed by atoms with E-state index in [0.717, 1.165) is 31.0 Å². The summed E-state index contributed by atoms with van der Waals surface area (Å²) in [6.45, 7) is 4.40. The highest BCUT2D eigenvalue weighted by atomic mass is 16.5. The van der Waals surface area contributed by atoms with Crippen LogP contribution in [-0.2, 0) is 6.42 Å². The van der Waals surface area contributed by atoms with Gasteiger partial charge in [-0.1, -0.05) is 6.92 Å². The van der Waals surface area contributed by atoms with E-state index in [0.29, 0.717) is 0 Å². The Morgan fingerprint density at radius 3 is 2.56 bits per heavy atom. The molecule has 1 aromatic rings. The van der Waals surface area contributed by atoms with Gasteiger partial charge in [0.2, 0.25) is 0 Å². The molecular formula is C15H25NO2. The van der Waals surface area contributed by atoms with Crippen LogP contribution in [0.25, 0.3) is 0 Å². The second-order valence-electron chi connectivity index (χ2n) is 4.38. The van der Waals surface area contributed by atoms with Crippen molar-refractivity contribution < 1.29 is 9.47 Å². The highest BCUT2D eigenvalue weighted by molar-refractivity contribution is 5.40. The fraction of sp³-hybridized carbons (Fsp3) is 0.600. The van der Waals surface area contributed by atoms with Gasteiger partial charge in [0.1, 0.15) is 11.5 Å². The maximum Gasteiger partial charge on any atom is 0.122 e. The molecule has 18 heavy (non-hydrogen) atoms. The van der Waals surface area contributed by atoms with Crippen LogP contribution in [0.1, 0.15) is 31.7 Å². The average molecular weight is 251 g/mol. The third-order valence-electron chi connectivity index (χ3n) is 2.96. The molecule has 0 atom stereocenters. The Morgan fingerprint density at radius 2 is 1.89 bits per heavy atom. The lowest BCUT2D eigenvalue weighted by Gasteiger charge is -2.10. The molecule has 0 aliphatic carbocycles. The smallest absolute Gasteiger partial charge is 0.122 e. The summed E-state index contributed by atoms with van der Waals surface area (Å²) in [6, 6.07) is 5.98. The molecule has 0 aliphatic heterocycles. The lowest BCUT2D eigenvalue weighted by molar-refractivity contribution is 0.398. The van der Waals surface area contributed by atoms with E-state index in [4.69, 9.17) is 9.47 Å². The Morgan fingerprint density at radius 1 is 1.06 bits per heavy atom. The van der Waals surface area contributed by atoms with Crippen LogP contribution in [-0.4, -0.2) is 27.3 Å². The molecule has 1 aromatic carbocycles. The van der Waals surface area contributed by atoms with Gasteiger partial charge in [0.25, 0.3) is 0 Å². The molecule has 0 aromatic heterocycles. The Bertz CT molecular complexity index is 339. The van der Waals surface area contributed by atoms with Gasteiger partial charge in [-0.25, -0.2) is 0 Å². The van der Waals surface area contributed by atoms with E-state index >= 15 is 0 Å². The molecule has 0 fully saturated rings. The molecule has 0 saturated heterocycles. The molecule has 0 unspecified atom stereocenters. The average Bonchev–Trinajstić information content (AvgIpc) is 2.42. The van der Waals surface area contributed by atoms with Crippen LogP contribution in [0.2, 0.25) is 0 Å². The summed E-state index contributed by atoms with van der Waals surface area (Å²) in [4.78, 5) is 0. The van der Waals surface area contributed by atoms with Gasteiger partial charge in [-0.05, 0) is 62.5 Å². The topological polar surface area (TPSA) is 30.5 Å². The van der Waals surface area contributed by atoms with Crippen molar-refractivity contribution in [1.82, 2.24) is 5.32 Å². The first kappa shape index (κ1) is 14.8. The Kier molecular flexibility index (Phi) is 7.26. The van der Waals surface area contributed by atoms with E-state index in [9.17, 15) is 0 Å². The predicted molar refractivity (Wildman–Crippen MR) is 75.6 cm³/mol. The van der Waals surface area contributed by atoms with E-state index in [1.54, 1.807) is 14.2 Å². The minimum absolute atomic E-state index is 0.898. The lowest BCUT2D eigenvalue weighted by Crippen LogP contribution is -2.15. The fourth-order valence-electron chi connectivity index (χ4n) is 1.94. The van der Waals surface area contributed by atoms with Gasteiger partial charge < -0.3 is 14.8 Å². The van der Waals surface area contributed by atoms with Crippen molar-refractivity contribution in [1.29, 1.82) is 0 Å². The maximum atomic E-state index is 5.37. The Balaban J connectivity index is 2.39. The molecule has 3 nitrogen and oxygen atoms in total. The molecule has 0 radical (unpaired) electrons. The summed E-state index contributed by atoms with van der Waals surface area (Å²) in [6.07, 6.45) is 4.60.